The van der Waals surface area contributed by atoms with E-state index in [2.05, 4.69) is 10.6 Å². The van der Waals surface area contributed by atoms with Crippen molar-refractivity contribution < 1.29 is 24.3 Å². The average Bonchev–Trinajstić information content (AvgIpc) is 2.49. The van der Waals surface area contributed by atoms with E-state index in [1.807, 2.05) is 0 Å². The van der Waals surface area contributed by atoms with Crippen molar-refractivity contribution in [1.29, 1.82) is 0 Å². The normalized spacial score (nSPS) is 13.0. The maximum absolute atomic E-state index is 11.7. The van der Waals surface area contributed by atoms with Crippen LogP contribution in [0.1, 0.15) is 32.1 Å². The number of hydrogen-bond acceptors (Lipinski definition) is 6. The molecule has 0 saturated heterocycles. The van der Waals surface area contributed by atoms with Gasteiger partial charge < -0.3 is 32.9 Å². The Bertz CT molecular complexity index is 429. The largest absolute Gasteiger partial charge is 0.480 e. The predicted octanol–water partition coefficient (Wildman–Crippen LogP) is -2.61. The van der Waals surface area contributed by atoms with Crippen molar-refractivity contribution in [3.05, 3.63) is 0 Å². The summed E-state index contributed by atoms with van der Waals surface area (Å²) < 4.78 is 0. The summed E-state index contributed by atoms with van der Waals surface area (Å²) in [4.78, 5) is 44.9. The second kappa shape index (κ2) is 11.4. The number of carbonyl (C=O) groups is 4. The number of unbranched alkanes of at least 4 members (excludes halogenated alkanes) is 1. The molecule has 0 aromatic rings. The molecule has 9 N–H and O–H groups in total. The summed E-state index contributed by atoms with van der Waals surface area (Å²) in [6.45, 7) is 0.0449. The van der Waals surface area contributed by atoms with Gasteiger partial charge >= 0.3 is 5.97 Å². The third-order valence-corrected chi connectivity index (χ3v) is 3.04. The van der Waals surface area contributed by atoms with E-state index in [9.17, 15) is 19.2 Å². The van der Waals surface area contributed by atoms with E-state index in [0.717, 1.165) is 0 Å². The van der Waals surface area contributed by atoms with Crippen LogP contribution >= 0.6 is 0 Å². The van der Waals surface area contributed by atoms with Crippen molar-refractivity contribution in [2.75, 3.05) is 13.1 Å². The first-order chi connectivity index (χ1) is 10.8. The molecule has 0 aromatic heterocycles. The van der Waals surface area contributed by atoms with Gasteiger partial charge in [-0.15, -0.1) is 0 Å². The summed E-state index contributed by atoms with van der Waals surface area (Å²) in [5.41, 5.74) is 15.8. The van der Waals surface area contributed by atoms with Crippen molar-refractivity contribution in [3.63, 3.8) is 0 Å². The van der Waals surface area contributed by atoms with Gasteiger partial charge in [0.25, 0.3) is 0 Å². The molecule has 2 atom stereocenters. The summed E-state index contributed by atoms with van der Waals surface area (Å²) in [5.74, 6) is -2.98. The highest BCUT2D eigenvalue weighted by Gasteiger charge is 2.20. The third-order valence-electron chi connectivity index (χ3n) is 3.04. The number of carboxylic acids is 1. The fourth-order valence-corrected chi connectivity index (χ4v) is 1.72. The maximum atomic E-state index is 11.7. The second-order valence-electron chi connectivity index (χ2n) is 5.07. The molecule has 0 aromatic carbocycles. The zero-order chi connectivity index (χ0) is 17.8. The summed E-state index contributed by atoms with van der Waals surface area (Å²) in [6, 6.07) is -2.00. The quantitative estimate of drug-likeness (QED) is 0.211. The van der Waals surface area contributed by atoms with Crippen LogP contribution in [0.25, 0.3) is 0 Å². The van der Waals surface area contributed by atoms with Gasteiger partial charge in [-0.05, 0) is 32.2 Å². The predicted molar refractivity (Wildman–Crippen MR) is 81.9 cm³/mol. The van der Waals surface area contributed by atoms with Gasteiger partial charge in [0.15, 0.2) is 0 Å². The zero-order valence-electron chi connectivity index (χ0n) is 12.9. The molecule has 10 nitrogen and oxygen atoms in total. The van der Waals surface area contributed by atoms with Crippen LogP contribution in [0.3, 0.4) is 0 Å². The molecule has 0 radical (unpaired) electrons. The first kappa shape index (κ1) is 20.8. The Morgan fingerprint density at radius 2 is 1.74 bits per heavy atom. The number of primary amides is 1. The first-order valence-electron chi connectivity index (χ1n) is 7.31. The van der Waals surface area contributed by atoms with Crippen LogP contribution in [0.5, 0.6) is 0 Å². The monoisotopic (exact) mass is 331 g/mol. The minimum Gasteiger partial charge on any atom is -0.480 e. The summed E-state index contributed by atoms with van der Waals surface area (Å²) in [5, 5.41) is 13.6. The van der Waals surface area contributed by atoms with Crippen LogP contribution in [0, 0.1) is 0 Å². The van der Waals surface area contributed by atoms with Crippen LogP contribution in [0.4, 0.5) is 0 Å². The number of aliphatic carboxylic acids is 1. The number of carbonyl (C=O) groups excluding carboxylic acids is 3. The fourth-order valence-electron chi connectivity index (χ4n) is 1.72. The molecule has 0 rings (SSSR count). The highest BCUT2D eigenvalue weighted by Crippen LogP contribution is 2.00. The lowest BCUT2D eigenvalue weighted by Crippen LogP contribution is -2.48. The van der Waals surface area contributed by atoms with Crippen LogP contribution in [0.15, 0.2) is 0 Å². The average molecular weight is 331 g/mol. The van der Waals surface area contributed by atoms with Gasteiger partial charge in [-0.1, -0.05) is 0 Å². The molecule has 0 aliphatic rings. The molecular formula is C13H25N5O5. The van der Waals surface area contributed by atoms with E-state index in [-0.39, 0.29) is 19.3 Å². The van der Waals surface area contributed by atoms with Crippen LogP contribution in [0.2, 0.25) is 0 Å². The highest BCUT2D eigenvalue weighted by molar-refractivity contribution is 5.89. The van der Waals surface area contributed by atoms with E-state index >= 15 is 0 Å². The van der Waals surface area contributed by atoms with Crippen molar-refractivity contribution in [1.82, 2.24) is 10.6 Å². The molecule has 132 valence electrons. The fraction of sp³-hybridized carbons (Fsp3) is 0.692. The highest BCUT2D eigenvalue weighted by atomic mass is 16.4. The molecule has 0 bridgehead atoms. The number of carboxylic acid groups (broad SMARTS) is 1. The molecule has 10 heteroatoms. The van der Waals surface area contributed by atoms with E-state index in [1.54, 1.807) is 0 Å². The molecule has 0 spiro atoms. The Balaban J connectivity index is 4.17. The number of amides is 3. The Hall–Kier alpha value is -2.20. The Kier molecular flexibility index (Phi) is 10.3. The minimum absolute atomic E-state index is 0.0387. The number of hydrogen-bond donors (Lipinski definition) is 6. The van der Waals surface area contributed by atoms with E-state index in [1.165, 1.54) is 0 Å². The Morgan fingerprint density at radius 3 is 2.26 bits per heavy atom. The lowest BCUT2D eigenvalue weighted by Gasteiger charge is -2.15. The lowest BCUT2D eigenvalue weighted by molar-refractivity contribution is -0.142. The lowest BCUT2D eigenvalue weighted by atomic mass is 10.1. The smallest absolute Gasteiger partial charge is 0.326 e. The van der Waals surface area contributed by atoms with Crippen LogP contribution < -0.4 is 27.8 Å². The zero-order valence-corrected chi connectivity index (χ0v) is 12.9. The van der Waals surface area contributed by atoms with Gasteiger partial charge in [0.1, 0.15) is 6.04 Å². The standard InChI is InChI=1S/C13H25N5O5/c14-6-2-1-3-9(13(22)23)18-11(20)7-17-12(21)8(15)4-5-10(16)19/h8-9H,1-7,14-15H2,(H2,16,19)(H,17,21)(H,18,20)(H,22,23). The summed E-state index contributed by atoms with van der Waals surface area (Å²) >= 11 is 0. The molecule has 0 aliphatic carbocycles. The number of rotatable bonds is 12. The SMILES string of the molecule is NCCCCC(NC(=O)CNC(=O)C(N)CCC(N)=O)C(=O)O. The summed E-state index contributed by atoms with van der Waals surface area (Å²) in [7, 11) is 0. The molecule has 0 saturated carbocycles. The number of nitrogens with one attached hydrogen (secondary N) is 2. The first-order valence-corrected chi connectivity index (χ1v) is 7.31. The summed E-state index contributed by atoms with van der Waals surface area (Å²) in [6.07, 6.45) is 1.51. The molecule has 2 unspecified atom stereocenters. The molecule has 0 heterocycles. The molecule has 23 heavy (non-hydrogen) atoms. The molecule has 0 aliphatic heterocycles. The van der Waals surface area contributed by atoms with E-state index in [4.69, 9.17) is 22.3 Å². The van der Waals surface area contributed by atoms with Crippen molar-refractivity contribution >= 4 is 23.7 Å². The van der Waals surface area contributed by atoms with Gasteiger partial charge in [-0.2, -0.15) is 0 Å². The third kappa shape index (κ3) is 10.2. The molecule has 0 fully saturated rings. The molecule has 3 amide bonds. The van der Waals surface area contributed by atoms with Crippen molar-refractivity contribution in [3.8, 4) is 0 Å². The van der Waals surface area contributed by atoms with E-state index < -0.39 is 42.3 Å². The van der Waals surface area contributed by atoms with Crippen LogP contribution in [-0.4, -0.2) is 54.0 Å². The van der Waals surface area contributed by atoms with Gasteiger partial charge in [0, 0.05) is 6.42 Å². The maximum Gasteiger partial charge on any atom is 0.326 e. The molecular weight excluding hydrogens is 306 g/mol. The van der Waals surface area contributed by atoms with E-state index in [0.29, 0.717) is 19.4 Å². The minimum atomic E-state index is -1.15. The topological polar surface area (TPSA) is 191 Å². The van der Waals surface area contributed by atoms with Gasteiger partial charge in [-0.3, -0.25) is 14.4 Å². The van der Waals surface area contributed by atoms with Crippen molar-refractivity contribution in [2.45, 2.75) is 44.2 Å². The van der Waals surface area contributed by atoms with Gasteiger partial charge in [-0.25, -0.2) is 4.79 Å². The van der Waals surface area contributed by atoms with Gasteiger partial charge in [0.05, 0.1) is 12.6 Å². The Labute approximate surface area is 134 Å². The van der Waals surface area contributed by atoms with Crippen LogP contribution in [-0.2, 0) is 19.2 Å². The van der Waals surface area contributed by atoms with Crippen molar-refractivity contribution in [2.24, 2.45) is 17.2 Å². The van der Waals surface area contributed by atoms with Gasteiger partial charge in [0.2, 0.25) is 17.7 Å². The number of nitrogens with two attached hydrogens (primary N) is 3. The Morgan fingerprint density at radius 1 is 1.09 bits per heavy atom. The second-order valence-corrected chi connectivity index (χ2v) is 5.07.